The number of aromatic nitrogens is 3. The number of carbonyl (C=O) groups is 1. The number of nitrogens with zero attached hydrogens (tertiary/aromatic N) is 3. The molecule has 0 spiro atoms. The lowest BCUT2D eigenvalue weighted by atomic mass is 10.2. The van der Waals surface area contributed by atoms with E-state index in [1.807, 2.05) is 0 Å². The predicted octanol–water partition coefficient (Wildman–Crippen LogP) is 1.49. The van der Waals surface area contributed by atoms with Crippen LogP contribution in [0.4, 0.5) is 14.5 Å². The fraction of sp³-hybridized carbons (Fsp3) is 0.250. The van der Waals surface area contributed by atoms with Crippen LogP contribution in [0.25, 0.3) is 0 Å². The van der Waals surface area contributed by atoms with Gasteiger partial charge in [0, 0.05) is 7.05 Å². The number of rotatable bonds is 4. The Morgan fingerprint density at radius 2 is 2.15 bits per heavy atom. The highest BCUT2D eigenvalue weighted by molar-refractivity contribution is 5.90. The summed E-state index contributed by atoms with van der Waals surface area (Å²) in [6, 6.07) is 2.42. The molecule has 0 aliphatic carbocycles. The Morgan fingerprint density at radius 1 is 1.40 bits per heavy atom. The molecule has 8 heteroatoms. The molecule has 1 aromatic heterocycles. The minimum Gasteiger partial charge on any atom is -0.465 e. The minimum atomic E-state index is -1.25. The van der Waals surface area contributed by atoms with Gasteiger partial charge in [-0.1, -0.05) is 0 Å². The van der Waals surface area contributed by atoms with Crippen molar-refractivity contribution in [3.8, 4) is 0 Å². The second kappa shape index (κ2) is 5.64. The summed E-state index contributed by atoms with van der Waals surface area (Å²) < 4.78 is 33.5. The van der Waals surface area contributed by atoms with Gasteiger partial charge in [-0.15, -0.1) is 10.2 Å². The number of methoxy groups -OCH3 is 1. The van der Waals surface area contributed by atoms with Gasteiger partial charge in [0.2, 0.25) is 0 Å². The van der Waals surface area contributed by atoms with Crippen LogP contribution in [0.3, 0.4) is 0 Å². The number of benzene rings is 1. The average Bonchev–Trinajstić information content (AvgIpc) is 2.85. The second-order valence-corrected chi connectivity index (χ2v) is 3.99. The zero-order chi connectivity index (χ0) is 14.7. The van der Waals surface area contributed by atoms with Crippen LogP contribution in [0.1, 0.15) is 16.2 Å². The van der Waals surface area contributed by atoms with Gasteiger partial charge in [-0.25, -0.2) is 13.6 Å². The number of anilines is 1. The van der Waals surface area contributed by atoms with Gasteiger partial charge in [0.05, 0.1) is 24.9 Å². The van der Waals surface area contributed by atoms with Gasteiger partial charge in [-0.3, -0.25) is 0 Å². The number of aryl methyl sites for hydroxylation is 1. The van der Waals surface area contributed by atoms with E-state index in [2.05, 4.69) is 20.3 Å². The van der Waals surface area contributed by atoms with Gasteiger partial charge < -0.3 is 14.6 Å². The van der Waals surface area contributed by atoms with Gasteiger partial charge in [0.15, 0.2) is 17.5 Å². The Labute approximate surface area is 113 Å². The van der Waals surface area contributed by atoms with Crippen molar-refractivity contribution in [3.05, 3.63) is 41.5 Å². The van der Waals surface area contributed by atoms with Crippen LogP contribution in [-0.4, -0.2) is 27.8 Å². The van der Waals surface area contributed by atoms with Crippen molar-refractivity contribution in [3.63, 3.8) is 0 Å². The third kappa shape index (κ3) is 2.58. The standard InChI is InChI=1S/C12H12F2N4O2/c1-18-6-16-17-9(18)5-15-8-4-3-7(12(19)20-2)10(13)11(8)14/h3-4,6,15H,5H2,1-2H3. The summed E-state index contributed by atoms with van der Waals surface area (Å²) in [6.07, 6.45) is 1.49. The third-order valence-corrected chi connectivity index (χ3v) is 2.73. The van der Waals surface area contributed by atoms with E-state index in [0.29, 0.717) is 5.82 Å². The molecule has 2 rings (SSSR count). The monoisotopic (exact) mass is 282 g/mol. The van der Waals surface area contributed by atoms with Gasteiger partial charge in [-0.2, -0.15) is 0 Å². The molecule has 0 bridgehead atoms. The Hall–Kier alpha value is -2.51. The predicted molar refractivity (Wildman–Crippen MR) is 66.0 cm³/mol. The molecule has 0 unspecified atom stereocenters. The highest BCUT2D eigenvalue weighted by Crippen LogP contribution is 2.21. The summed E-state index contributed by atoms with van der Waals surface area (Å²) in [6.45, 7) is 0.171. The molecule has 0 aliphatic heterocycles. The van der Waals surface area contributed by atoms with Crippen molar-refractivity contribution in [1.82, 2.24) is 14.8 Å². The largest absolute Gasteiger partial charge is 0.465 e. The fourth-order valence-electron chi connectivity index (χ4n) is 1.60. The molecule has 20 heavy (non-hydrogen) atoms. The van der Waals surface area contributed by atoms with E-state index < -0.39 is 23.2 Å². The van der Waals surface area contributed by atoms with Crippen molar-refractivity contribution in [2.24, 2.45) is 7.05 Å². The molecule has 0 amide bonds. The molecule has 6 nitrogen and oxygen atoms in total. The molecule has 0 radical (unpaired) electrons. The summed E-state index contributed by atoms with van der Waals surface area (Å²) >= 11 is 0. The Bertz CT molecular complexity index is 642. The quantitative estimate of drug-likeness (QED) is 0.860. The average molecular weight is 282 g/mol. The molecular formula is C12H12F2N4O2. The number of ether oxygens (including phenoxy) is 1. The number of carbonyl (C=O) groups excluding carboxylic acids is 1. The molecule has 1 N–H and O–H groups in total. The van der Waals surface area contributed by atoms with Crippen LogP contribution in [0.2, 0.25) is 0 Å². The van der Waals surface area contributed by atoms with Crippen LogP contribution in [-0.2, 0) is 18.3 Å². The molecular weight excluding hydrogens is 270 g/mol. The van der Waals surface area contributed by atoms with Crippen LogP contribution in [0, 0.1) is 11.6 Å². The molecule has 106 valence electrons. The highest BCUT2D eigenvalue weighted by Gasteiger charge is 2.19. The van der Waals surface area contributed by atoms with Crippen molar-refractivity contribution in [2.75, 3.05) is 12.4 Å². The Balaban J connectivity index is 2.19. The first-order chi connectivity index (χ1) is 9.54. The molecule has 1 heterocycles. The first kappa shape index (κ1) is 13.9. The fourth-order valence-corrected chi connectivity index (χ4v) is 1.60. The molecule has 0 aliphatic rings. The first-order valence-electron chi connectivity index (χ1n) is 5.67. The van der Waals surface area contributed by atoms with Gasteiger partial charge in [0.1, 0.15) is 6.33 Å². The van der Waals surface area contributed by atoms with E-state index in [0.717, 1.165) is 13.2 Å². The summed E-state index contributed by atoms with van der Waals surface area (Å²) in [7, 11) is 2.83. The topological polar surface area (TPSA) is 69.0 Å². The number of hydrogen-bond donors (Lipinski definition) is 1. The van der Waals surface area contributed by atoms with Crippen molar-refractivity contribution in [2.45, 2.75) is 6.54 Å². The maximum atomic E-state index is 13.8. The van der Waals surface area contributed by atoms with Crippen LogP contribution in [0.5, 0.6) is 0 Å². The van der Waals surface area contributed by atoms with E-state index in [1.54, 1.807) is 11.6 Å². The zero-order valence-corrected chi connectivity index (χ0v) is 10.9. The van der Waals surface area contributed by atoms with E-state index in [4.69, 9.17) is 0 Å². The molecule has 1 aromatic carbocycles. The van der Waals surface area contributed by atoms with E-state index in [9.17, 15) is 13.6 Å². The molecule has 0 saturated heterocycles. The number of nitrogens with one attached hydrogen (secondary N) is 1. The van der Waals surface area contributed by atoms with Crippen LogP contribution >= 0.6 is 0 Å². The molecule has 0 atom stereocenters. The van der Waals surface area contributed by atoms with Crippen molar-refractivity contribution >= 4 is 11.7 Å². The summed E-state index contributed by atoms with van der Waals surface area (Å²) in [5, 5.41) is 10.2. The number of esters is 1. The number of halogens is 2. The number of hydrogen-bond acceptors (Lipinski definition) is 5. The Morgan fingerprint density at radius 3 is 2.75 bits per heavy atom. The van der Waals surface area contributed by atoms with Crippen molar-refractivity contribution in [1.29, 1.82) is 0 Å². The molecule has 0 saturated carbocycles. The van der Waals surface area contributed by atoms with Gasteiger partial charge in [0.25, 0.3) is 0 Å². The third-order valence-electron chi connectivity index (χ3n) is 2.73. The van der Waals surface area contributed by atoms with Crippen LogP contribution in [0.15, 0.2) is 18.5 Å². The maximum absolute atomic E-state index is 13.8. The lowest BCUT2D eigenvalue weighted by Crippen LogP contribution is -2.10. The molecule has 0 fully saturated rings. The van der Waals surface area contributed by atoms with Gasteiger partial charge >= 0.3 is 5.97 Å². The smallest absolute Gasteiger partial charge is 0.340 e. The summed E-state index contributed by atoms with van der Waals surface area (Å²) in [5.74, 6) is -2.77. The Kier molecular flexibility index (Phi) is 3.92. The zero-order valence-electron chi connectivity index (χ0n) is 10.9. The van der Waals surface area contributed by atoms with E-state index in [-0.39, 0.29) is 12.2 Å². The SMILES string of the molecule is COC(=O)c1ccc(NCc2nncn2C)c(F)c1F. The first-order valence-corrected chi connectivity index (χ1v) is 5.67. The lowest BCUT2D eigenvalue weighted by molar-refractivity contribution is 0.0594. The lowest BCUT2D eigenvalue weighted by Gasteiger charge is -2.09. The van der Waals surface area contributed by atoms with E-state index in [1.165, 1.54) is 12.4 Å². The molecule has 2 aromatic rings. The minimum absolute atomic E-state index is 0.0712. The van der Waals surface area contributed by atoms with E-state index >= 15 is 0 Å². The highest BCUT2D eigenvalue weighted by atomic mass is 19.2. The van der Waals surface area contributed by atoms with Crippen LogP contribution < -0.4 is 5.32 Å². The second-order valence-electron chi connectivity index (χ2n) is 3.99. The summed E-state index contributed by atoms with van der Waals surface area (Å²) in [5.41, 5.74) is -0.521. The normalized spacial score (nSPS) is 10.4. The maximum Gasteiger partial charge on any atom is 0.340 e. The summed E-state index contributed by atoms with van der Waals surface area (Å²) in [4.78, 5) is 11.2. The van der Waals surface area contributed by atoms with Gasteiger partial charge in [-0.05, 0) is 12.1 Å². The van der Waals surface area contributed by atoms with Crippen molar-refractivity contribution < 1.29 is 18.3 Å².